The average molecular weight is 318 g/mol. The maximum Gasteiger partial charge on any atom is 0.0592 e. The highest BCUT2D eigenvalue weighted by molar-refractivity contribution is 6.19. The first-order valence-corrected chi connectivity index (χ1v) is 8.94. The van der Waals surface area contributed by atoms with Crippen LogP contribution >= 0.6 is 23.2 Å². The minimum absolute atomic E-state index is 0.219. The van der Waals surface area contributed by atoms with Crippen molar-refractivity contribution in [1.82, 2.24) is 4.90 Å². The molecule has 1 spiro atoms. The average Bonchev–Trinajstić information content (AvgIpc) is 2.86. The SMILES string of the molecule is CO[C@@H]1CC[C@@H]2CCN3CCC(CCl)=C(CCCl)[C@@]23C1. The van der Waals surface area contributed by atoms with Gasteiger partial charge in [-0.05, 0) is 56.6 Å². The largest absolute Gasteiger partial charge is 0.381 e. The third-order valence-corrected chi connectivity index (χ3v) is 6.35. The monoisotopic (exact) mass is 317 g/mol. The van der Waals surface area contributed by atoms with Gasteiger partial charge in [-0.25, -0.2) is 0 Å². The first kappa shape index (κ1) is 15.1. The van der Waals surface area contributed by atoms with Crippen molar-refractivity contribution in [3.05, 3.63) is 11.1 Å². The van der Waals surface area contributed by atoms with E-state index in [0.717, 1.165) is 25.2 Å². The van der Waals surface area contributed by atoms with E-state index in [1.54, 1.807) is 5.57 Å². The second kappa shape index (κ2) is 6.16. The van der Waals surface area contributed by atoms with Gasteiger partial charge in [-0.1, -0.05) is 5.57 Å². The van der Waals surface area contributed by atoms with Gasteiger partial charge in [-0.15, -0.1) is 23.2 Å². The molecule has 0 aromatic carbocycles. The molecule has 2 aliphatic heterocycles. The fourth-order valence-corrected chi connectivity index (χ4v) is 5.44. The van der Waals surface area contributed by atoms with Crippen molar-refractivity contribution in [3.8, 4) is 0 Å². The third-order valence-electron chi connectivity index (χ3n) is 5.84. The molecule has 2 nitrogen and oxygen atoms in total. The lowest BCUT2D eigenvalue weighted by Gasteiger charge is -2.52. The minimum Gasteiger partial charge on any atom is -0.381 e. The maximum absolute atomic E-state index is 6.25. The lowest BCUT2D eigenvalue weighted by atomic mass is 9.65. The van der Waals surface area contributed by atoms with E-state index in [4.69, 9.17) is 27.9 Å². The van der Waals surface area contributed by atoms with Crippen LogP contribution in [0.25, 0.3) is 0 Å². The topological polar surface area (TPSA) is 12.5 Å². The van der Waals surface area contributed by atoms with Gasteiger partial charge in [0.2, 0.25) is 0 Å². The van der Waals surface area contributed by atoms with E-state index in [2.05, 4.69) is 4.90 Å². The molecule has 114 valence electrons. The molecule has 1 aliphatic carbocycles. The van der Waals surface area contributed by atoms with Crippen LogP contribution in [0.15, 0.2) is 11.1 Å². The second-order valence-corrected chi connectivity index (χ2v) is 7.09. The molecule has 0 aromatic heterocycles. The lowest BCUT2D eigenvalue weighted by molar-refractivity contribution is -0.0135. The number of rotatable bonds is 4. The first-order valence-electron chi connectivity index (χ1n) is 7.87. The molecule has 1 saturated carbocycles. The van der Waals surface area contributed by atoms with Crippen molar-refractivity contribution in [3.63, 3.8) is 0 Å². The number of ether oxygens (including phenoxy) is 1. The Morgan fingerprint density at radius 1 is 1.25 bits per heavy atom. The summed E-state index contributed by atoms with van der Waals surface area (Å²) >= 11 is 12.4. The Morgan fingerprint density at radius 2 is 2.10 bits per heavy atom. The Balaban J connectivity index is 2.02. The summed E-state index contributed by atoms with van der Waals surface area (Å²) in [6.45, 7) is 2.41. The summed E-state index contributed by atoms with van der Waals surface area (Å²) in [4.78, 5) is 2.72. The van der Waals surface area contributed by atoms with Crippen molar-refractivity contribution < 1.29 is 4.74 Å². The molecule has 4 heteroatoms. The Kier molecular flexibility index (Phi) is 4.66. The second-order valence-electron chi connectivity index (χ2n) is 6.44. The Hall–Kier alpha value is 0.240. The van der Waals surface area contributed by atoms with Crippen LogP contribution in [0.4, 0.5) is 0 Å². The molecule has 0 bridgehead atoms. The van der Waals surface area contributed by atoms with E-state index in [9.17, 15) is 0 Å². The molecular weight excluding hydrogens is 293 g/mol. The number of methoxy groups -OCH3 is 1. The van der Waals surface area contributed by atoms with Crippen LogP contribution in [0.5, 0.6) is 0 Å². The summed E-state index contributed by atoms with van der Waals surface area (Å²) in [5.74, 6) is 2.16. The predicted molar refractivity (Wildman–Crippen MR) is 84.8 cm³/mol. The molecular formula is C16H25Cl2NO. The van der Waals surface area contributed by atoms with Crippen molar-refractivity contribution >= 4 is 23.2 Å². The highest BCUT2D eigenvalue weighted by Crippen LogP contribution is 2.53. The molecule has 0 radical (unpaired) electrons. The van der Waals surface area contributed by atoms with Crippen molar-refractivity contribution in [2.45, 2.75) is 50.2 Å². The third kappa shape index (κ3) is 2.24. The molecule has 0 aromatic rings. The minimum atomic E-state index is 0.219. The molecule has 1 saturated heterocycles. The van der Waals surface area contributed by atoms with Crippen LogP contribution in [0.2, 0.25) is 0 Å². The van der Waals surface area contributed by atoms with Gasteiger partial charge in [0.1, 0.15) is 0 Å². The van der Waals surface area contributed by atoms with Crippen LogP contribution in [-0.2, 0) is 4.74 Å². The van der Waals surface area contributed by atoms with Crippen LogP contribution < -0.4 is 0 Å². The smallest absolute Gasteiger partial charge is 0.0592 e. The van der Waals surface area contributed by atoms with Crippen molar-refractivity contribution in [1.29, 1.82) is 0 Å². The molecule has 20 heavy (non-hydrogen) atoms. The molecule has 3 atom stereocenters. The van der Waals surface area contributed by atoms with E-state index in [0.29, 0.717) is 17.9 Å². The van der Waals surface area contributed by atoms with Gasteiger partial charge < -0.3 is 4.74 Å². The quantitative estimate of drug-likeness (QED) is 0.577. The van der Waals surface area contributed by atoms with Gasteiger partial charge in [0, 0.05) is 31.0 Å². The molecule has 2 fully saturated rings. The number of hydrogen-bond acceptors (Lipinski definition) is 2. The van der Waals surface area contributed by atoms with Gasteiger partial charge >= 0.3 is 0 Å². The van der Waals surface area contributed by atoms with E-state index in [-0.39, 0.29) is 5.54 Å². The molecule has 3 aliphatic rings. The zero-order chi connectivity index (χ0) is 14.2. The van der Waals surface area contributed by atoms with Gasteiger partial charge in [0.15, 0.2) is 0 Å². The van der Waals surface area contributed by atoms with E-state index in [1.165, 1.54) is 37.9 Å². The summed E-state index contributed by atoms with van der Waals surface area (Å²) in [5, 5.41) is 0. The zero-order valence-corrected chi connectivity index (χ0v) is 13.8. The van der Waals surface area contributed by atoms with E-state index in [1.807, 2.05) is 7.11 Å². The lowest BCUT2D eigenvalue weighted by Crippen LogP contribution is -2.57. The van der Waals surface area contributed by atoms with Crippen LogP contribution in [-0.4, -0.2) is 48.5 Å². The van der Waals surface area contributed by atoms with Gasteiger partial charge in [-0.2, -0.15) is 0 Å². The zero-order valence-electron chi connectivity index (χ0n) is 12.3. The predicted octanol–water partition coefficient (Wildman–Crippen LogP) is 3.81. The Morgan fingerprint density at radius 3 is 2.80 bits per heavy atom. The maximum atomic E-state index is 6.25. The van der Waals surface area contributed by atoms with Gasteiger partial charge in [0.05, 0.1) is 6.10 Å². The van der Waals surface area contributed by atoms with Gasteiger partial charge in [0.25, 0.3) is 0 Å². The number of alkyl halides is 2. The standard InChI is InChI=1S/C16H25Cl2NO/c1-20-14-3-2-13-6-9-19-8-5-12(11-18)15(4-7-17)16(13,19)10-14/h13-14H,2-11H2,1H3/t13-,14-,16-/m1/s1. The summed E-state index contributed by atoms with van der Waals surface area (Å²) in [6.07, 6.45) is 7.48. The van der Waals surface area contributed by atoms with Crippen LogP contribution in [0, 0.1) is 5.92 Å². The fraction of sp³-hybridized carbons (Fsp3) is 0.875. The molecule has 0 amide bonds. The summed E-state index contributed by atoms with van der Waals surface area (Å²) < 4.78 is 5.72. The number of nitrogens with zero attached hydrogens (tertiary/aromatic N) is 1. The Bertz CT molecular complexity index is 398. The first-order chi connectivity index (χ1) is 9.76. The van der Waals surface area contributed by atoms with Crippen molar-refractivity contribution in [2.75, 3.05) is 32.0 Å². The van der Waals surface area contributed by atoms with E-state index < -0.39 is 0 Å². The summed E-state index contributed by atoms with van der Waals surface area (Å²) in [5.41, 5.74) is 3.25. The summed E-state index contributed by atoms with van der Waals surface area (Å²) in [6, 6.07) is 0. The Labute approximate surface area is 132 Å². The molecule has 3 rings (SSSR count). The van der Waals surface area contributed by atoms with Gasteiger partial charge in [-0.3, -0.25) is 4.90 Å². The van der Waals surface area contributed by atoms with Crippen LogP contribution in [0.3, 0.4) is 0 Å². The fourth-order valence-electron chi connectivity index (χ4n) is 4.96. The highest BCUT2D eigenvalue weighted by atomic mass is 35.5. The summed E-state index contributed by atoms with van der Waals surface area (Å²) in [7, 11) is 1.86. The van der Waals surface area contributed by atoms with E-state index >= 15 is 0 Å². The molecule has 2 heterocycles. The number of halogens is 2. The molecule has 0 unspecified atom stereocenters. The highest BCUT2D eigenvalue weighted by Gasteiger charge is 2.55. The van der Waals surface area contributed by atoms with Crippen molar-refractivity contribution in [2.24, 2.45) is 5.92 Å². The normalized spacial score (nSPS) is 38.0. The number of hydrogen-bond donors (Lipinski definition) is 0. The molecule has 0 N–H and O–H groups in total. The van der Waals surface area contributed by atoms with Crippen LogP contribution in [0.1, 0.15) is 38.5 Å².